The highest BCUT2D eigenvalue weighted by Crippen LogP contribution is 2.48. The number of methoxy groups -OCH3 is 1. The first-order valence-corrected chi connectivity index (χ1v) is 18.1. The lowest BCUT2D eigenvalue weighted by atomic mass is 9.84. The summed E-state index contributed by atoms with van der Waals surface area (Å²) in [6.07, 6.45) is 3.44. The fraction of sp³-hybridized carbons (Fsp3) is 0.233. The number of amides is 1. The molecule has 5 aromatic rings. The molecule has 1 atom stereocenters. The lowest BCUT2D eigenvalue weighted by molar-refractivity contribution is -0.142. The molecule has 0 aliphatic heterocycles. The highest BCUT2D eigenvalue weighted by molar-refractivity contribution is 8.00. The van der Waals surface area contributed by atoms with Crippen molar-refractivity contribution in [3.05, 3.63) is 185 Å². The van der Waals surface area contributed by atoms with Gasteiger partial charge in [0, 0.05) is 13.1 Å². The molecular weight excluding hydrogens is 655 g/mol. The van der Waals surface area contributed by atoms with Crippen molar-refractivity contribution in [3.63, 3.8) is 0 Å². The van der Waals surface area contributed by atoms with E-state index in [2.05, 4.69) is 78.1 Å². The zero-order valence-electron chi connectivity index (χ0n) is 28.9. The molecule has 0 saturated carbocycles. The summed E-state index contributed by atoms with van der Waals surface area (Å²) in [5.41, 5.74) is 6.17. The first-order valence-electron chi connectivity index (χ1n) is 17.2. The van der Waals surface area contributed by atoms with Crippen LogP contribution in [0.3, 0.4) is 0 Å². The Kier molecular flexibility index (Phi) is 14.2. The predicted octanol–water partition coefficient (Wildman–Crippen LogP) is 7.30. The van der Waals surface area contributed by atoms with Crippen LogP contribution in [0.15, 0.2) is 152 Å². The van der Waals surface area contributed by atoms with Crippen molar-refractivity contribution in [2.45, 2.75) is 43.3 Å². The molecule has 0 radical (unpaired) electrons. The van der Waals surface area contributed by atoms with E-state index in [9.17, 15) is 14.7 Å². The number of ether oxygens (including phenoxy) is 1. The maximum Gasteiger partial charge on any atom is 0.319 e. The van der Waals surface area contributed by atoms with Crippen molar-refractivity contribution in [1.82, 2.24) is 15.2 Å². The van der Waals surface area contributed by atoms with E-state index in [1.54, 1.807) is 6.08 Å². The van der Waals surface area contributed by atoms with Gasteiger partial charge in [-0.2, -0.15) is 0 Å². The van der Waals surface area contributed by atoms with Crippen LogP contribution < -0.4 is 5.32 Å². The fourth-order valence-electron chi connectivity index (χ4n) is 6.02. The van der Waals surface area contributed by atoms with Gasteiger partial charge in [0.2, 0.25) is 5.91 Å². The highest BCUT2D eigenvalue weighted by atomic mass is 32.2. The number of benzene rings is 4. The topological polar surface area (TPSA) is 91.8 Å². The molecule has 5 rings (SSSR count). The molecule has 8 heteroatoms. The van der Waals surface area contributed by atoms with E-state index >= 15 is 0 Å². The van der Waals surface area contributed by atoms with E-state index < -0.39 is 10.9 Å². The Balaban J connectivity index is 1.14. The third-order valence-electron chi connectivity index (χ3n) is 8.44. The number of aliphatic hydroxyl groups is 1. The minimum Gasteiger partial charge on any atom is -0.468 e. The first kappa shape index (κ1) is 37.2. The van der Waals surface area contributed by atoms with E-state index in [1.807, 2.05) is 89.5 Å². The summed E-state index contributed by atoms with van der Waals surface area (Å²) in [6, 6.07) is 47.3. The van der Waals surface area contributed by atoms with Crippen molar-refractivity contribution < 1.29 is 19.4 Å². The number of aliphatic hydroxyl groups excluding tert-OH is 1. The van der Waals surface area contributed by atoms with Crippen LogP contribution in [0.4, 0.5) is 0 Å². The molecule has 51 heavy (non-hydrogen) atoms. The van der Waals surface area contributed by atoms with Crippen LogP contribution >= 0.6 is 11.8 Å². The van der Waals surface area contributed by atoms with E-state index in [0.717, 1.165) is 23.4 Å². The van der Waals surface area contributed by atoms with E-state index in [1.165, 1.54) is 23.8 Å². The number of carbonyl (C=O) groups excluding carboxylic acids is 2. The molecule has 4 aromatic carbocycles. The van der Waals surface area contributed by atoms with Crippen LogP contribution in [0.25, 0.3) is 0 Å². The van der Waals surface area contributed by atoms with Crippen LogP contribution in [0.5, 0.6) is 0 Å². The summed E-state index contributed by atoms with van der Waals surface area (Å²) < 4.78 is 4.50. The molecule has 1 heterocycles. The predicted molar refractivity (Wildman–Crippen MR) is 205 cm³/mol. The molecule has 262 valence electrons. The van der Waals surface area contributed by atoms with Gasteiger partial charge in [-0.25, -0.2) is 0 Å². The van der Waals surface area contributed by atoms with Gasteiger partial charge in [0.25, 0.3) is 0 Å². The maximum atomic E-state index is 12.7. The number of aromatic nitrogens is 1. The first-order chi connectivity index (χ1) is 25.0. The zero-order chi connectivity index (χ0) is 35.7. The van der Waals surface area contributed by atoms with Gasteiger partial charge in [-0.3, -0.25) is 19.5 Å². The maximum absolute atomic E-state index is 12.7. The van der Waals surface area contributed by atoms with E-state index in [4.69, 9.17) is 9.72 Å². The summed E-state index contributed by atoms with van der Waals surface area (Å²) in [5, 5.41) is 13.5. The van der Waals surface area contributed by atoms with Crippen molar-refractivity contribution in [1.29, 1.82) is 0 Å². The van der Waals surface area contributed by atoms with Crippen LogP contribution in [-0.4, -0.2) is 52.4 Å². The van der Waals surface area contributed by atoms with Crippen molar-refractivity contribution >= 4 is 23.6 Å². The fourth-order valence-corrected chi connectivity index (χ4v) is 7.49. The molecule has 2 N–H and O–H groups in total. The Bertz CT molecular complexity index is 1730. The lowest BCUT2D eigenvalue weighted by Gasteiger charge is -2.35. The molecular formula is C43H45N3O4S. The van der Waals surface area contributed by atoms with Gasteiger partial charge in [0.05, 0.1) is 48.9 Å². The number of allylic oxidation sites excluding steroid dienone is 1. The Labute approximate surface area is 305 Å². The molecule has 0 aliphatic carbocycles. The zero-order valence-corrected chi connectivity index (χ0v) is 29.8. The number of carbonyl (C=O) groups is 2. The standard InChI is InChI=1S/C43H45N3O4S/c1-50-42(49)33-46(31-34-17-6-2-7-18-34)32-39-26-16-25-38(45-39)30-44-41(48)29-40(47)27-14-15-28-51-43(35-19-8-3-9-20-35,36-21-10-4-11-22-36)37-23-12-5-13-24-37/h2-14,16-27,40,47H,15,28-33H2,1H3,(H,44,48). The highest BCUT2D eigenvalue weighted by Gasteiger charge is 2.36. The minimum absolute atomic E-state index is 0.0463. The van der Waals surface area contributed by atoms with Crippen molar-refractivity contribution in [3.8, 4) is 0 Å². The van der Waals surface area contributed by atoms with E-state index in [0.29, 0.717) is 18.8 Å². The average Bonchev–Trinajstić information content (AvgIpc) is 3.17. The second-order valence-corrected chi connectivity index (χ2v) is 13.5. The average molecular weight is 700 g/mol. The number of esters is 1. The minimum atomic E-state index is -0.902. The monoisotopic (exact) mass is 699 g/mol. The Morgan fingerprint density at radius 1 is 0.784 bits per heavy atom. The molecule has 0 aliphatic rings. The molecule has 1 amide bonds. The summed E-state index contributed by atoms with van der Waals surface area (Å²) in [7, 11) is 1.38. The second-order valence-electron chi connectivity index (χ2n) is 12.2. The summed E-state index contributed by atoms with van der Waals surface area (Å²) in [6.45, 7) is 1.37. The van der Waals surface area contributed by atoms with Gasteiger partial charge >= 0.3 is 5.97 Å². The largest absolute Gasteiger partial charge is 0.468 e. The summed E-state index contributed by atoms with van der Waals surface area (Å²) >= 11 is 1.86. The number of rotatable bonds is 18. The van der Waals surface area contributed by atoms with Crippen molar-refractivity contribution in [2.75, 3.05) is 19.4 Å². The number of hydrogen-bond acceptors (Lipinski definition) is 7. The molecule has 1 aromatic heterocycles. The third-order valence-corrected chi connectivity index (χ3v) is 10.0. The molecule has 0 bridgehead atoms. The Hall–Kier alpha value is -5.02. The van der Waals surface area contributed by atoms with Crippen LogP contribution in [0.1, 0.15) is 46.5 Å². The van der Waals surface area contributed by atoms with Gasteiger partial charge < -0.3 is 15.2 Å². The quantitative estimate of drug-likeness (QED) is 0.0430. The van der Waals surface area contributed by atoms with Gasteiger partial charge in [0.1, 0.15) is 0 Å². The molecule has 0 spiro atoms. The molecule has 0 saturated heterocycles. The number of pyridine rings is 1. The summed E-state index contributed by atoms with van der Waals surface area (Å²) in [4.78, 5) is 31.5. The molecule has 0 fully saturated rings. The lowest BCUT2D eigenvalue weighted by Crippen LogP contribution is -2.30. The summed E-state index contributed by atoms with van der Waals surface area (Å²) in [5.74, 6) is 0.222. The van der Waals surface area contributed by atoms with Gasteiger partial charge in [-0.05, 0) is 46.6 Å². The number of nitrogens with zero attached hydrogens (tertiary/aromatic N) is 2. The van der Waals surface area contributed by atoms with Crippen LogP contribution in [-0.2, 0) is 38.7 Å². The molecule has 7 nitrogen and oxygen atoms in total. The SMILES string of the molecule is COC(=O)CN(Cc1ccccc1)Cc1cccc(CNC(=O)CC(O)C=CCCSC(c2ccccc2)(c2ccccc2)c2ccccc2)n1. The normalized spacial score (nSPS) is 12.1. The molecule has 1 unspecified atom stereocenters. The number of hydrogen-bond donors (Lipinski definition) is 2. The van der Waals surface area contributed by atoms with Gasteiger partial charge in [-0.15, -0.1) is 11.8 Å². The smallest absolute Gasteiger partial charge is 0.319 e. The van der Waals surface area contributed by atoms with Crippen LogP contribution in [0.2, 0.25) is 0 Å². The number of nitrogens with one attached hydrogen (secondary N) is 1. The van der Waals surface area contributed by atoms with E-state index in [-0.39, 0.29) is 31.4 Å². The van der Waals surface area contributed by atoms with Crippen molar-refractivity contribution in [2.24, 2.45) is 0 Å². The number of thioether (sulfide) groups is 1. The van der Waals surface area contributed by atoms with Gasteiger partial charge in [-0.1, -0.05) is 140 Å². The Morgan fingerprint density at radius 3 is 1.90 bits per heavy atom. The van der Waals surface area contributed by atoms with Gasteiger partial charge in [0.15, 0.2) is 0 Å². The van der Waals surface area contributed by atoms with Crippen LogP contribution in [0, 0.1) is 0 Å². The third kappa shape index (κ3) is 11.0. The second kappa shape index (κ2) is 19.4. The Morgan fingerprint density at radius 2 is 1.33 bits per heavy atom.